The summed E-state index contributed by atoms with van der Waals surface area (Å²) in [6.07, 6.45) is -0.107. The van der Waals surface area contributed by atoms with E-state index in [-0.39, 0.29) is 35.0 Å². The summed E-state index contributed by atoms with van der Waals surface area (Å²) in [7, 11) is 1.26. The van der Waals surface area contributed by atoms with Crippen molar-refractivity contribution >= 4 is 35.2 Å². The van der Waals surface area contributed by atoms with Crippen LogP contribution in [-0.4, -0.2) is 34.7 Å². The third-order valence-electron chi connectivity index (χ3n) is 3.42. The predicted molar refractivity (Wildman–Crippen MR) is 99.3 cm³/mol. The second-order valence-electron chi connectivity index (χ2n) is 5.39. The molecule has 1 heterocycles. The van der Waals surface area contributed by atoms with E-state index in [2.05, 4.69) is 20.0 Å². The molecule has 0 unspecified atom stereocenters. The lowest BCUT2D eigenvalue weighted by molar-refractivity contribution is -0.139. The van der Waals surface area contributed by atoms with Crippen molar-refractivity contribution in [2.75, 3.05) is 12.9 Å². The normalized spacial score (nSPS) is 11.7. The van der Waals surface area contributed by atoms with Gasteiger partial charge in [-0.15, -0.1) is 0 Å². The number of nitrogens with one attached hydrogen (secondary N) is 2. The van der Waals surface area contributed by atoms with Crippen LogP contribution in [-0.2, 0) is 20.7 Å². The number of carbonyl (C=O) groups is 2. The zero-order valence-electron chi connectivity index (χ0n) is 14.2. The number of nitrogens with zero attached hydrogens (tertiary/aromatic N) is 1. The van der Waals surface area contributed by atoms with Crippen molar-refractivity contribution in [1.82, 2.24) is 15.3 Å². The summed E-state index contributed by atoms with van der Waals surface area (Å²) in [4.78, 5) is 41.8. The van der Waals surface area contributed by atoms with Crippen LogP contribution in [0.3, 0.4) is 0 Å². The minimum absolute atomic E-state index is 0.0550. The molecule has 26 heavy (non-hydrogen) atoms. The van der Waals surface area contributed by atoms with Crippen LogP contribution in [0.5, 0.6) is 0 Å². The Morgan fingerprint density at radius 1 is 1.38 bits per heavy atom. The number of ether oxygens (including phenoxy) is 1. The first-order valence-electron chi connectivity index (χ1n) is 7.72. The van der Waals surface area contributed by atoms with Gasteiger partial charge in [-0.25, -0.2) is 4.98 Å². The zero-order chi connectivity index (χ0) is 19.1. The highest BCUT2D eigenvalue weighted by atomic mass is 35.5. The molecule has 9 heteroatoms. The molecule has 0 saturated carbocycles. The Morgan fingerprint density at radius 3 is 2.81 bits per heavy atom. The molecule has 1 aromatic heterocycles. The van der Waals surface area contributed by atoms with E-state index in [0.717, 1.165) is 17.3 Å². The van der Waals surface area contributed by atoms with Gasteiger partial charge in [-0.3, -0.25) is 14.4 Å². The van der Waals surface area contributed by atoms with Gasteiger partial charge in [0.05, 0.1) is 31.0 Å². The molecule has 1 atom stereocenters. The van der Waals surface area contributed by atoms with Gasteiger partial charge in [0.2, 0.25) is 5.91 Å². The van der Waals surface area contributed by atoms with E-state index < -0.39 is 11.5 Å². The fraction of sp³-hybridized carbons (Fsp3) is 0.294. The number of H-pyrrole nitrogens is 1. The lowest BCUT2D eigenvalue weighted by atomic mass is 10.1. The van der Waals surface area contributed by atoms with Crippen LogP contribution >= 0.6 is 23.4 Å². The van der Waals surface area contributed by atoms with Gasteiger partial charge in [-0.2, -0.15) is 0 Å². The summed E-state index contributed by atoms with van der Waals surface area (Å²) in [6.45, 7) is 1.83. The molecule has 2 rings (SSSR count). The quantitative estimate of drug-likeness (QED) is 0.423. The first-order chi connectivity index (χ1) is 12.4. The number of amides is 1. The first kappa shape index (κ1) is 20.0. The standard InChI is InChI=1S/C17H18ClN3O4S/c1-10(12-5-3-4-6-13(12)18)19-15(23)9-26-17-20-11(7-14(22)21-17)8-16(24)25-2/h3-7,10H,8-9H2,1-2H3,(H,19,23)(H,20,21,22)/t10-/m0/s1. The van der Waals surface area contributed by atoms with Crippen LogP contribution in [0.2, 0.25) is 5.02 Å². The average Bonchev–Trinajstić information content (AvgIpc) is 2.59. The molecule has 0 spiro atoms. The van der Waals surface area contributed by atoms with Crippen molar-refractivity contribution in [2.24, 2.45) is 0 Å². The van der Waals surface area contributed by atoms with Gasteiger partial charge >= 0.3 is 5.97 Å². The molecule has 0 aliphatic rings. The van der Waals surface area contributed by atoms with Crippen molar-refractivity contribution in [2.45, 2.75) is 24.5 Å². The number of aromatic amines is 1. The fourth-order valence-corrected chi connectivity index (χ4v) is 3.19. The Balaban J connectivity index is 1.95. The lowest BCUT2D eigenvalue weighted by Gasteiger charge is -2.15. The minimum atomic E-state index is -0.495. The highest BCUT2D eigenvalue weighted by molar-refractivity contribution is 7.99. The molecule has 138 valence electrons. The summed E-state index contributed by atoms with van der Waals surface area (Å²) in [6, 6.07) is 8.24. The maximum absolute atomic E-state index is 12.1. The number of thioether (sulfide) groups is 1. The van der Waals surface area contributed by atoms with Gasteiger partial charge in [-0.05, 0) is 18.6 Å². The second-order valence-corrected chi connectivity index (χ2v) is 6.77. The van der Waals surface area contributed by atoms with E-state index in [1.165, 1.54) is 13.2 Å². The molecule has 0 saturated heterocycles. The van der Waals surface area contributed by atoms with Crippen LogP contribution in [0.4, 0.5) is 0 Å². The minimum Gasteiger partial charge on any atom is -0.469 e. The van der Waals surface area contributed by atoms with E-state index in [4.69, 9.17) is 11.6 Å². The maximum Gasteiger partial charge on any atom is 0.311 e. The topological polar surface area (TPSA) is 101 Å². The molecule has 2 aromatic rings. The SMILES string of the molecule is COC(=O)Cc1cc(=O)[nH]c(SCC(=O)N[C@@H](C)c2ccccc2Cl)n1. The Kier molecular flexibility index (Phi) is 7.23. The number of hydrogen-bond donors (Lipinski definition) is 2. The van der Waals surface area contributed by atoms with E-state index >= 15 is 0 Å². The van der Waals surface area contributed by atoms with E-state index in [9.17, 15) is 14.4 Å². The number of aromatic nitrogens is 2. The van der Waals surface area contributed by atoms with Gasteiger partial charge in [-0.1, -0.05) is 41.6 Å². The van der Waals surface area contributed by atoms with Crippen LogP contribution in [0.15, 0.2) is 40.3 Å². The fourth-order valence-electron chi connectivity index (χ4n) is 2.18. The Labute approximate surface area is 159 Å². The van der Waals surface area contributed by atoms with Crippen molar-refractivity contribution in [3.63, 3.8) is 0 Å². The molecule has 0 fully saturated rings. The Bertz CT molecular complexity index is 856. The Morgan fingerprint density at radius 2 is 2.12 bits per heavy atom. The lowest BCUT2D eigenvalue weighted by Crippen LogP contribution is -2.28. The molecular weight excluding hydrogens is 378 g/mol. The van der Waals surface area contributed by atoms with Crippen molar-refractivity contribution in [3.8, 4) is 0 Å². The summed E-state index contributed by atoms with van der Waals surface area (Å²) < 4.78 is 4.55. The van der Waals surface area contributed by atoms with E-state index in [1.807, 2.05) is 25.1 Å². The molecule has 0 bridgehead atoms. The molecule has 0 aliphatic heterocycles. The molecule has 0 aliphatic carbocycles. The average molecular weight is 396 g/mol. The largest absolute Gasteiger partial charge is 0.469 e. The smallest absolute Gasteiger partial charge is 0.311 e. The van der Waals surface area contributed by atoms with Crippen LogP contribution in [0.25, 0.3) is 0 Å². The monoisotopic (exact) mass is 395 g/mol. The van der Waals surface area contributed by atoms with Gasteiger partial charge in [0.25, 0.3) is 5.56 Å². The van der Waals surface area contributed by atoms with Gasteiger partial charge in [0.1, 0.15) is 0 Å². The third kappa shape index (κ3) is 5.89. The molecule has 1 aromatic carbocycles. The number of halogens is 1. The van der Waals surface area contributed by atoms with Crippen molar-refractivity contribution in [3.05, 3.63) is 57.0 Å². The van der Waals surface area contributed by atoms with Gasteiger partial charge in [0, 0.05) is 11.1 Å². The molecule has 2 N–H and O–H groups in total. The number of benzene rings is 1. The molecule has 0 radical (unpaired) electrons. The van der Waals surface area contributed by atoms with Gasteiger partial charge in [0.15, 0.2) is 5.16 Å². The van der Waals surface area contributed by atoms with E-state index in [1.54, 1.807) is 6.07 Å². The first-order valence-corrected chi connectivity index (χ1v) is 9.09. The van der Waals surface area contributed by atoms with Crippen LogP contribution in [0, 0.1) is 0 Å². The molecule has 1 amide bonds. The third-order valence-corrected chi connectivity index (χ3v) is 4.63. The second kappa shape index (κ2) is 9.40. The van der Waals surface area contributed by atoms with Gasteiger partial charge < -0.3 is 15.0 Å². The summed E-state index contributed by atoms with van der Waals surface area (Å²) in [5.41, 5.74) is 0.707. The maximum atomic E-state index is 12.1. The number of esters is 1. The summed E-state index contributed by atoms with van der Waals surface area (Å²) in [5, 5.41) is 3.68. The number of hydrogen-bond acceptors (Lipinski definition) is 6. The van der Waals surface area contributed by atoms with Crippen molar-refractivity contribution < 1.29 is 14.3 Å². The number of rotatable bonds is 7. The van der Waals surface area contributed by atoms with Crippen LogP contribution < -0.4 is 10.9 Å². The number of carbonyl (C=O) groups excluding carboxylic acids is 2. The molecular formula is C17H18ClN3O4S. The zero-order valence-corrected chi connectivity index (χ0v) is 15.8. The molecule has 7 nitrogen and oxygen atoms in total. The summed E-state index contributed by atoms with van der Waals surface area (Å²) in [5.74, 6) is -0.673. The van der Waals surface area contributed by atoms with Crippen LogP contribution in [0.1, 0.15) is 24.2 Å². The van der Waals surface area contributed by atoms with Crippen molar-refractivity contribution in [1.29, 1.82) is 0 Å². The highest BCUT2D eigenvalue weighted by Crippen LogP contribution is 2.22. The summed E-state index contributed by atoms with van der Waals surface area (Å²) >= 11 is 7.19. The highest BCUT2D eigenvalue weighted by Gasteiger charge is 2.14. The Hall–Kier alpha value is -2.32. The number of methoxy groups -OCH3 is 1. The predicted octanol–water partition coefficient (Wildman–Crippen LogP) is 2.11. The van der Waals surface area contributed by atoms with E-state index in [0.29, 0.717) is 5.02 Å².